The van der Waals surface area contributed by atoms with E-state index in [9.17, 15) is 23.3 Å². The highest BCUT2D eigenvalue weighted by Crippen LogP contribution is 2.28. The second-order valence-electron chi connectivity index (χ2n) is 8.63. The van der Waals surface area contributed by atoms with Crippen LogP contribution in [0.25, 0.3) is 21.5 Å². The largest absolute Gasteiger partial charge is 0.271 e. The van der Waals surface area contributed by atoms with Crippen molar-refractivity contribution in [2.45, 2.75) is 4.90 Å². The maximum Gasteiger partial charge on any atom is 0.271 e. The maximum atomic E-state index is 13.5. The fraction of sp³-hybridized carbons (Fsp3) is 0.0345. The summed E-state index contributed by atoms with van der Waals surface area (Å²) in [6.45, 7) is -0.647. The molecule has 5 aromatic rings. The fourth-order valence-corrected chi connectivity index (χ4v) is 5.75. The number of fused-ring (bicyclic) bond motifs is 2. The summed E-state index contributed by atoms with van der Waals surface area (Å²) in [5.74, 6) is -0.721. The van der Waals surface area contributed by atoms with Gasteiger partial charge < -0.3 is 0 Å². The summed E-state index contributed by atoms with van der Waals surface area (Å²) in [5.41, 5.74) is 2.89. The van der Waals surface area contributed by atoms with Gasteiger partial charge in [-0.1, -0.05) is 72.8 Å². The first-order valence-electron chi connectivity index (χ1n) is 11.9. The molecule has 5 rings (SSSR count). The zero-order valence-corrected chi connectivity index (χ0v) is 21.3. The summed E-state index contributed by atoms with van der Waals surface area (Å²) in [4.78, 5) is 23.6. The van der Waals surface area contributed by atoms with Crippen molar-refractivity contribution in [1.29, 1.82) is 0 Å². The molecule has 0 radical (unpaired) electrons. The molecule has 0 aromatic heterocycles. The number of benzene rings is 5. The van der Waals surface area contributed by atoms with Gasteiger partial charge in [0, 0.05) is 17.7 Å². The van der Waals surface area contributed by atoms with Gasteiger partial charge in [-0.2, -0.15) is 5.10 Å². The normalized spacial score (nSPS) is 11.6. The second-order valence-corrected chi connectivity index (χ2v) is 10.5. The Morgan fingerprint density at radius 2 is 1.46 bits per heavy atom. The van der Waals surface area contributed by atoms with Gasteiger partial charge in [0.2, 0.25) is 0 Å². The third-order valence-electron chi connectivity index (χ3n) is 6.14. The highest BCUT2D eigenvalue weighted by Gasteiger charge is 2.28. The molecule has 0 unspecified atom stereocenters. The molecular weight excluding hydrogens is 516 g/mol. The number of carbonyl (C=O) groups excluding carboxylic acids is 1. The molecule has 0 fully saturated rings. The number of nitro groups is 1. The van der Waals surface area contributed by atoms with Gasteiger partial charge in [0.15, 0.2) is 0 Å². The van der Waals surface area contributed by atoms with E-state index in [0.29, 0.717) is 0 Å². The Morgan fingerprint density at radius 1 is 0.846 bits per heavy atom. The van der Waals surface area contributed by atoms with Crippen molar-refractivity contribution in [3.05, 3.63) is 125 Å². The van der Waals surface area contributed by atoms with E-state index in [4.69, 9.17) is 0 Å². The van der Waals surface area contributed by atoms with Gasteiger partial charge in [-0.15, -0.1) is 0 Å². The number of hydrogen-bond acceptors (Lipinski definition) is 6. The maximum absolute atomic E-state index is 13.5. The van der Waals surface area contributed by atoms with Crippen molar-refractivity contribution in [2.75, 3.05) is 10.8 Å². The van der Waals surface area contributed by atoms with Crippen molar-refractivity contribution < 1.29 is 18.1 Å². The van der Waals surface area contributed by atoms with Crippen LogP contribution in [0, 0.1) is 10.1 Å². The van der Waals surface area contributed by atoms with E-state index < -0.39 is 27.4 Å². The van der Waals surface area contributed by atoms with Gasteiger partial charge in [0.05, 0.1) is 21.7 Å². The number of hydrazone groups is 1. The van der Waals surface area contributed by atoms with Crippen LogP contribution in [0.5, 0.6) is 0 Å². The van der Waals surface area contributed by atoms with Crippen LogP contribution in [0.3, 0.4) is 0 Å². The van der Waals surface area contributed by atoms with E-state index in [0.717, 1.165) is 37.5 Å². The summed E-state index contributed by atoms with van der Waals surface area (Å²) in [6.07, 6.45) is 1.53. The number of nitro benzene ring substituents is 1. The lowest BCUT2D eigenvalue weighted by Gasteiger charge is -2.23. The first kappa shape index (κ1) is 25.6. The van der Waals surface area contributed by atoms with Crippen LogP contribution in [0.1, 0.15) is 5.56 Å². The molecule has 0 saturated heterocycles. The van der Waals surface area contributed by atoms with E-state index in [-0.39, 0.29) is 16.3 Å². The zero-order chi connectivity index (χ0) is 27.4. The average Bonchev–Trinajstić information content (AvgIpc) is 2.96. The zero-order valence-electron chi connectivity index (χ0n) is 20.5. The van der Waals surface area contributed by atoms with E-state index in [1.165, 1.54) is 36.5 Å². The van der Waals surface area contributed by atoms with Crippen molar-refractivity contribution in [2.24, 2.45) is 5.10 Å². The molecule has 0 spiro atoms. The van der Waals surface area contributed by atoms with Gasteiger partial charge in [-0.25, -0.2) is 13.8 Å². The summed E-state index contributed by atoms with van der Waals surface area (Å²) in [7, 11) is -4.23. The van der Waals surface area contributed by atoms with Crippen molar-refractivity contribution >= 4 is 55.1 Å². The van der Waals surface area contributed by atoms with Crippen LogP contribution < -0.4 is 9.73 Å². The minimum absolute atomic E-state index is 0.0211. The Labute approximate surface area is 224 Å². The Balaban J connectivity index is 1.46. The van der Waals surface area contributed by atoms with Crippen LogP contribution in [0.4, 0.5) is 11.4 Å². The van der Waals surface area contributed by atoms with Gasteiger partial charge >= 0.3 is 0 Å². The Kier molecular flexibility index (Phi) is 7.02. The summed E-state index contributed by atoms with van der Waals surface area (Å²) < 4.78 is 27.8. The van der Waals surface area contributed by atoms with E-state index in [1.807, 2.05) is 48.5 Å². The Hall–Kier alpha value is -5.09. The molecule has 0 saturated carbocycles. The molecule has 0 atom stereocenters. The molecule has 1 N–H and O–H groups in total. The third kappa shape index (κ3) is 5.32. The van der Waals surface area contributed by atoms with Gasteiger partial charge in [0.1, 0.15) is 6.54 Å². The molecule has 0 aliphatic heterocycles. The fourth-order valence-electron chi connectivity index (χ4n) is 4.32. The standard InChI is InChI=1S/C29H22N4O5S/c34-29(31-30-19-28-26-15-6-4-9-21(26)17-22-10-5-7-16-27(22)28)20-32(23-11-8-12-24(18-23)33(35)36)39(37,38)25-13-2-1-3-14-25/h1-19H,20H2,(H,31,34)/b30-19-. The second kappa shape index (κ2) is 10.7. The molecule has 0 bridgehead atoms. The highest BCUT2D eigenvalue weighted by atomic mass is 32.2. The van der Waals surface area contributed by atoms with Gasteiger partial charge in [-0.05, 0) is 45.8 Å². The van der Waals surface area contributed by atoms with Gasteiger partial charge in [-0.3, -0.25) is 19.2 Å². The predicted molar refractivity (Wildman–Crippen MR) is 151 cm³/mol. The molecular formula is C29H22N4O5S. The van der Waals surface area contributed by atoms with Crippen LogP contribution >= 0.6 is 0 Å². The average molecular weight is 539 g/mol. The lowest BCUT2D eigenvalue weighted by atomic mass is 9.97. The molecule has 39 heavy (non-hydrogen) atoms. The molecule has 1 amide bonds. The van der Waals surface area contributed by atoms with Crippen molar-refractivity contribution in [1.82, 2.24) is 5.43 Å². The van der Waals surface area contributed by atoms with E-state index >= 15 is 0 Å². The number of nitrogens with one attached hydrogen (secondary N) is 1. The van der Waals surface area contributed by atoms with Crippen molar-refractivity contribution in [3.63, 3.8) is 0 Å². The van der Waals surface area contributed by atoms with E-state index in [2.05, 4.69) is 16.6 Å². The van der Waals surface area contributed by atoms with Crippen molar-refractivity contribution in [3.8, 4) is 0 Å². The number of hydrogen-bond donors (Lipinski definition) is 1. The molecule has 10 heteroatoms. The summed E-state index contributed by atoms with van der Waals surface area (Å²) in [6, 6.07) is 30.3. The Bertz CT molecular complexity index is 1790. The van der Waals surface area contributed by atoms with E-state index in [1.54, 1.807) is 18.2 Å². The summed E-state index contributed by atoms with van der Waals surface area (Å²) >= 11 is 0. The Morgan fingerprint density at radius 3 is 2.10 bits per heavy atom. The molecule has 194 valence electrons. The van der Waals surface area contributed by atoms with Gasteiger partial charge in [0.25, 0.3) is 21.6 Å². The van der Waals surface area contributed by atoms with Crippen LogP contribution in [-0.2, 0) is 14.8 Å². The minimum Gasteiger partial charge on any atom is -0.271 e. The molecule has 0 heterocycles. The van der Waals surface area contributed by atoms with Crippen LogP contribution in [-0.4, -0.2) is 32.0 Å². The highest BCUT2D eigenvalue weighted by molar-refractivity contribution is 7.92. The van der Waals surface area contributed by atoms with Crippen LogP contribution in [0.2, 0.25) is 0 Å². The number of sulfonamides is 1. The quantitative estimate of drug-likeness (QED) is 0.125. The minimum atomic E-state index is -4.23. The first-order valence-corrected chi connectivity index (χ1v) is 13.3. The number of non-ortho nitro benzene ring substituents is 1. The smallest absolute Gasteiger partial charge is 0.271 e. The molecule has 0 aliphatic rings. The molecule has 5 aromatic carbocycles. The topological polar surface area (TPSA) is 122 Å². The lowest BCUT2D eigenvalue weighted by molar-refractivity contribution is -0.384. The number of nitrogens with zero attached hydrogens (tertiary/aromatic N) is 3. The predicted octanol–water partition coefficient (Wildman–Crippen LogP) is 5.25. The number of carbonyl (C=O) groups is 1. The first-order chi connectivity index (χ1) is 18.8. The molecule has 0 aliphatic carbocycles. The third-order valence-corrected chi connectivity index (χ3v) is 7.93. The summed E-state index contributed by atoms with van der Waals surface area (Å²) in [5, 5.41) is 19.4. The molecule has 9 nitrogen and oxygen atoms in total. The SMILES string of the molecule is O=C(CN(c1cccc([N+](=O)[O-])c1)S(=O)(=O)c1ccccc1)N/N=C\c1c2ccccc2cc2ccccc12. The number of anilines is 1. The number of rotatable bonds is 8. The monoisotopic (exact) mass is 538 g/mol. The number of amides is 1. The lowest BCUT2D eigenvalue weighted by Crippen LogP contribution is -2.39. The van der Waals surface area contributed by atoms with Crippen LogP contribution in [0.15, 0.2) is 119 Å².